The van der Waals surface area contributed by atoms with E-state index in [0.29, 0.717) is 10.0 Å². The van der Waals surface area contributed by atoms with Crippen molar-refractivity contribution in [2.75, 3.05) is 5.32 Å². The van der Waals surface area contributed by atoms with E-state index in [1.807, 2.05) is 41.3 Å². The van der Waals surface area contributed by atoms with Gasteiger partial charge in [0.05, 0.1) is 15.6 Å². The predicted molar refractivity (Wildman–Crippen MR) is 102 cm³/mol. The molecule has 1 fully saturated rings. The lowest BCUT2D eigenvalue weighted by molar-refractivity contribution is 0.0524. The van der Waals surface area contributed by atoms with Crippen LogP contribution in [0.2, 0.25) is 10.0 Å². The summed E-state index contributed by atoms with van der Waals surface area (Å²) >= 11 is 12.7. The van der Waals surface area contributed by atoms with Crippen molar-refractivity contribution in [2.24, 2.45) is 0 Å². The number of benzene rings is 2. The van der Waals surface area contributed by atoms with Gasteiger partial charge >= 0.3 is 0 Å². The highest BCUT2D eigenvalue weighted by Gasteiger charge is 2.38. The van der Waals surface area contributed by atoms with Crippen LogP contribution in [0.4, 0.5) is 5.69 Å². The van der Waals surface area contributed by atoms with E-state index in [0.717, 1.165) is 42.5 Å². The van der Waals surface area contributed by atoms with Gasteiger partial charge < -0.3 is 10.2 Å². The highest BCUT2D eigenvalue weighted by molar-refractivity contribution is 6.42. The van der Waals surface area contributed by atoms with E-state index in [4.69, 9.17) is 23.2 Å². The van der Waals surface area contributed by atoms with E-state index in [2.05, 4.69) is 5.32 Å². The summed E-state index contributed by atoms with van der Waals surface area (Å²) in [5.41, 5.74) is 2.42. The third-order valence-corrected chi connectivity index (χ3v) is 6.04. The molecular weight excluding hydrogens is 355 g/mol. The number of carbonyl (C=O) groups is 1. The van der Waals surface area contributed by atoms with Gasteiger partial charge in [-0.25, -0.2) is 0 Å². The van der Waals surface area contributed by atoms with E-state index < -0.39 is 0 Å². The standard InChI is InChI=1S/C20H20Cl2N2O/c21-16-11-6-10-15(18(16)22)19-23-17-12-5-4-9-14(17)20(25)24(19)13-7-2-1-3-8-13/h4-6,9-13,19,23H,1-3,7-8H2/t19-/m0/s1. The summed E-state index contributed by atoms with van der Waals surface area (Å²) < 4.78 is 0. The summed E-state index contributed by atoms with van der Waals surface area (Å²) in [4.78, 5) is 15.3. The molecule has 4 rings (SSSR count). The summed E-state index contributed by atoms with van der Waals surface area (Å²) in [5, 5.41) is 4.54. The minimum absolute atomic E-state index is 0.0716. The number of carbonyl (C=O) groups excluding carboxylic acids is 1. The van der Waals surface area contributed by atoms with Crippen molar-refractivity contribution in [1.29, 1.82) is 0 Å². The van der Waals surface area contributed by atoms with Crippen molar-refractivity contribution in [2.45, 2.75) is 44.3 Å². The molecule has 0 bridgehead atoms. The molecule has 0 radical (unpaired) electrons. The highest BCUT2D eigenvalue weighted by Crippen LogP contribution is 2.41. The lowest BCUT2D eigenvalue weighted by Crippen LogP contribution is -2.49. The summed E-state index contributed by atoms with van der Waals surface area (Å²) in [6.45, 7) is 0. The number of hydrogen-bond acceptors (Lipinski definition) is 2. The fourth-order valence-electron chi connectivity index (χ4n) is 3.96. The van der Waals surface area contributed by atoms with Crippen molar-refractivity contribution in [1.82, 2.24) is 4.90 Å². The number of rotatable bonds is 2. The second kappa shape index (κ2) is 6.89. The van der Waals surface area contributed by atoms with Gasteiger partial charge in [0.2, 0.25) is 0 Å². The molecule has 0 saturated heterocycles. The Kier molecular flexibility index (Phi) is 4.61. The van der Waals surface area contributed by atoms with Crippen molar-refractivity contribution in [3.05, 3.63) is 63.6 Å². The molecule has 1 saturated carbocycles. The molecule has 1 aliphatic carbocycles. The minimum Gasteiger partial charge on any atom is -0.361 e. The largest absolute Gasteiger partial charge is 0.361 e. The van der Waals surface area contributed by atoms with Crippen LogP contribution in [-0.2, 0) is 0 Å². The van der Waals surface area contributed by atoms with Gasteiger partial charge in [0.15, 0.2) is 0 Å². The van der Waals surface area contributed by atoms with Crippen LogP contribution in [0, 0.1) is 0 Å². The van der Waals surface area contributed by atoms with Crippen molar-refractivity contribution < 1.29 is 4.79 Å². The maximum absolute atomic E-state index is 13.3. The van der Waals surface area contributed by atoms with Crippen LogP contribution in [0.5, 0.6) is 0 Å². The normalized spacial score (nSPS) is 21.0. The molecule has 0 unspecified atom stereocenters. The number of fused-ring (bicyclic) bond motifs is 1. The average Bonchev–Trinajstić information content (AvgIpc) is 2.65. The number of amides is 1. The molecule has 1 N–H and O–H groups in total. The van der Waals surface area contributed by atoms with Gasteiger partial charge in [0.1, 0.15) is 6.17 Å². The SMILES string of the molecule is O=C1c2ccccc2N[C@H](c2cccc(Cl)c2Cl)N1C1CCCCC1. The fraction of sp³-hybridized carbons (Fsp3) is 0.350. The zero-order valence-electron chi connectivity index (χ0n) is 13.8. The molecule has 1 amide bonds. The Labute approximate surface area is 157 Å². The molecule has 2 aliphatic rings. The van der Waals surface area contributed by atoms with Crippen LogP contribution in [-0.4, -0.2) is 16.8 Å². The van der Waals surface area contributed by atoms with Gasteiger partial charge in [0.25, 0.3) is 5.91 Å². The quantitative estimate of drug-likeness (QED) is 0.710. The Morgan fingerprint density at radius 1 is 0.960 bits per heavy atom. The predicted octanol–water partition coefficient (Wildman–Crippen LogP) is 5.89. The molecule has 1 heterocycles. The molecule has 0 spiro atoms. The van der Waals surface area contributed by atoms with Gasteiger partial charge in [-0.1, -0.05) is 66.7 Å². The molecule has 1 aliphatic heterocycles. The molecule has 130 valence electrons. The summed E-state index contributed by atoms with van der Waals surface area (Å²) in [6.07, 6.45) is 5.33. The van der Waals surface area contributed by atoms with Crippen LogP contribution in [0.25, 0.3) is 0 Å². The van der Waals surface area contributed by atoms with Gasteiger partial charge in [-0.15, -0.1) is 0 Å². The van der Waals surface area contributed by atoms with E-state index in [9.17, 15) is 4.79 Å². The first-order valence-electron chi connectivity index (χ1n) is 8.79. The number of anilines is 1. The molecule has 0 aromatic heterocycles. The fourth-order valence-corrected chi connectivity index (χ4v) is 4.37. The van der Waals surface area contributed by atoms with Crippen molar-refractivity contribution >= 4 is 34.8 Å². The smallest absolute Gasteiger partial charge is 0.258 e. The zero-order valence-corrected chi connectivity index (χ0v) is 15.4. The van der Waals surface area contributed by atoms with Crippen LogP contribution in [0.15, 0.2) is 42.5 Å². The first kappa shape index (κ1) is 16.7. The summed E-state index contributed by atoms with van der Waals surface area (Å²) in [7, 11) is 0. The van der Waals surface area contributed by atoms with Gasteiger partial charge in [0, 0.05) is 17.3 Å². The number of hydrogen-bond donors (Lipinski definition) is 1. The molecule has 5 heteroatoms. The Morgan fingerprint density at radius 2 is 1.72 bits per heavy atom. The third-order valence-electron chi connectivity index (χ3n) is 5.21. The number of nitrogens with one attached hydrogen (secondary N) is 1. The van der Waals surface area contributed by atoms with Crippen LogP contribution < -0.4 is 5.32 Å². The van der Waals surface area contributed by atoms with E-state index in [1.54, 1.807) is 6.07 Å². The zero-order chi connectivity index (χ0) is 17.4. The van der Waals surface area contributed by atoms with E-state index >= 15 is 0 Å². The maximum Gasteiger partial charge on any atom is 0.258 e. The Morgan fingerprint density at radius 3 is 2.52 bits per heavy atom. The summed E-state index contributed by atoms with van der Waals surface area (Å²) in [6, 6.07) is 13.5. The molecule has 3 nitrogen and oxygen atoms in total. The lowest BCUT2D eigenvalue weighted by atomic mass is 9.91. The molecular formula is C20H20Cl2N2O. The third kappa shape index (κ3) is 3.00. The van der Waals surface area contributed by atoms with Crippen molar-refractivity contribution in [3.63, 3.8) is 0 Å². The molecule has 1 atom stereocenters. The van der Waals surface area contributed by atoms with Crippen LogP contribution in [0.1, 0.15) is 54.2 Å². The van der Waals surface area contributed by atoms with E-state index in [1.165, 1.54) is 6.42 Å². The second-order valence-electron chi connectivity index (χ2n) is 6.74. The first-order valence-corrected chi connectivity index (χ1v) is 9.54. The van der Waals surface area contributed by atoms with Crippen molar-refractivity contribution in [3.8, 4) is 0 Å². The Hall–Kier alpha value is -1.71. The highest BCUT2D eigenvalue weighted by atomic mass is 35.5. The van der Waals surface area contributed by atoms with Crippen LogP contribution >= 0.6 is 23.2 Å². The maximum atomic E-state index is 13.3. The molecule has 25 heavy (non-hydrogen) atoms. The molecule has 2 aromatic carbocycles. The lowest BCUT2D eigenvalue weighted by Gasteiger charge is -2.44. The molecule has 2 aromatic rings. The van der Waals surface area contributed by atoms with Gasteiger partial charge in [-0.3, -0.25) is 4.79 Å². The average molecular weight is 375 g/mol. The monoisotopic (exact) mass is 374 g/mol. The minimum atomic E-state index is -0.295. The number of halogens is 2. The van der Waals surface area contributed by atoms with E-state index in [-0.39, 0.29) is 18.1 Å². The topological polar surface area (TPSA) is 32.3 Å². The van der Waals surface area contributed by atoms with Crippen LogP contribution in [0.3, 0.4) is 0 Å². The first-order chi connectivity index (χ1) is 12.2. The number of nitrogens with zero attached hydrogens (tertiary/aromatic N) is 1. The number of para-hydroxylation sites is 1. The second-order valence-corrected chi connectivity index (χ2v) is 7.52. The Bertz CT molecular complexity index is 802. The Balaban J connectivity index is 1.81. The van der Waals surface area contributed by atoms with Gasteiger partial charge in [-0.2, -0.15) is 0 Å². The summed E-state index contributed by atoms with van der Waals surface area (Å²) in [5.74, 6) is 0.0716. The van der Waals surface area contributed by atoms with Gasteiger partial charge in [-0.05, 0) is 31.0 Å².